The van der Waals surface area contributed by atoms with Crippen LogP contribution in [0.3, 0.4) is 0 Å². The van der Waals surface area contributed by atoms with Gasteiger partial charge in [0.05, 0.1) is 5.25 Å². The van der Waals surface area contributed by atoms with Crippen LogP contribution in [0.25, 0.3) is 0 Å². The lowest BCUT2D eigenvalue weighted by Crippen LogP contribution is -2.49. The van der Waals surface area contributed by atoms with Gasteiger partial charge in [-0.05, 0) is 58.7 Å². The van der Waals surface area contributed by atoms with Crippen LogP contribution in [0.15, 0.2) is 22.5 Å². The highest BCUT2D eigenvalue weighted by molar-refractivity contribution is 8.02. The van der Waals surface area contributed by atoms with Crippen LogP contribution in [-0.2, 0) is 4.79 Å². The fourth-order valence-corrected chi connectivity index (χ4v) is 4.01. The molecule has 1 aromatic heterocycles. The van der Waals surface area contributed by atoms with E-state index in [1.807, 2.05) is 39.8 Å². The predicted molar refractivity (Wildman–Crippen MR) is 111 cm³/mol. The van der Waals surface area contributed by atoms with Crippen molar-refractivity contribution in [2.24, 2.45) is 0 Å². The van der Waals surface area contributed by atoms with E-state index in [2.05, 4.69) is 39.1 Å². The minimum Gasteiger partial charge on any atom is -0.333 e. The lowest BCUT2D eigenvalue weighted by molar-refractivity contribution is -0.119. The van der Waals surface area contributed by atoms with E-state index in [1.165, 1.54) is 28.7 Å². The third kappa shape index (κ3) is 6.51. The first-order valence-electron chi connectivity index (χ1n) is 8.51. The second-order valence-electron chi connectivity index (χ2n) is 7.20. The van der Waals surface area contributed by atoms with Crippen molar-refractivity contribution in [1.29, 1.82) is 0 Å². The van der Waals surface area contributed by atoms with Crippen molar-refractivity contribution in [3.63, 3.8) is 0 Å². The maximum atomic E-state index is 12.2. The fraction of sp³-hybridized carbons (Fsp3) is 0.444. The lowest BCUT2D eigenvalue weighted by atomic mass is 10.1. The largest absolute Gasteiger partial charge is 0.333 e. The molecular weight excluding hydrogens is 382 g/mol. The summed E-state index contributed by atoms with van der Waals surface area (Å²) in [5.41, 5.74) is 2.92. The quantitative estimate of drug-likeness (QED) is 0.648. The molecule has 27 heavy (non-hydrogen) atoms. The summed E-state index contributed by atoms with van der Waals surface area (Å²) in [7, 11) is 0. The van der Waals surface area contributed by atoms with Crippen molar-refractivity contribution >= 4 is 45.9 Å². The van der Waals surface area contributed by atoms with Gasteiger partial charge in [0, 0.05) is 11.2 Å². The molecule has 0 saturated carbocycles. The number of carbonyl (C=O) groups excluding carboxylic acids is 2. The molecule has 9 heteroatoms. The molecule has 0 aliphatic carbocycles. The molecule has 0 spiro atoms. The zero-order valence-corrected chi connectivity index (χ0v) is 18.0. The van der Waals surface area contributed by atoms with Gasteiger partial charge in [0.25, 0.3) is 0 Å². The number of benzene rings is 1. The predicted octanol–water partition coefficient (Wildman–Crippen LogP) is 4.00. The van der Waals surface area contributed by atoms with Gasteiger partial charge >= 0.3 is 6.03 Å². The van der Waals surface area contributed by atoms with Crippen LogP contribution in [0.2, 0.25) is 0 Å². The Hall–Kier alpha value is -2.13. The molecule has 2 rings (SSSR count). The third-order valence-corrected chi connectivity index (χ3v) is 5.65. The van der Waals surface area contributed by atoms with Gasteiger partial charge in [-0.3, -0.25) is 10.1 Å². The molecule has 0 saturated heterocycles. The Balaban J connectivity index is 1.93. The van der Waals surface area contributed by atoms with Crippen LogP contribution in [0.1, 0.15) is 38.8 Å². The highest BCUT2D eigenvalue weighted by Gasteiger charge is 2.21. The molecule has 0 fully saturated rings. The zero-order valence-electron chi connectivity index (χ0n) is 16.3. The number of urea groups is 1. The molecule has 1 heterocycles. The van der Waals surface area contributed by atoms with Crippen LogP contribution < -0.4 is 16.0 Å². The molecule has 1 aromatic carbocycles. The van der Waals surface area contributed by atoms with E-state index >= 15 is 0 Å². The number of aromatic nitrogens is 2. The summed E-state index contributed by atoms with van der Waals surface area (Å²) in [4.78, 5) is 24.0. The zero-order chi connectivity index (χ0) is 20.2. The van der Waals surface area contributed by atoms with E-state index in [0.717, 1.165) is 11.3 Å². The summed E-state index contributed by atoms with van der Waals surface area (Å²) in [5, 5.41) is 16.7. The second kappa shape index (κ2) is 8.71. The van der Waals surface area contributed by atoms with Crippen molar-refractivity contribution in [2.45, 2.75) is 56.7 Å². The number of rotatable bonds is 5. The first kappa shape index (κ1) is 21.2. The van der Waals surface area contributed by atoms with Crippen LogP contribution in [0, 0.1) is 13.8 Å². The number of nitrogens with one attached hydrogen (secondary N) is 3. The molecule has 0 radical (unpaired) electrons. The lowest BCUT2D eigenvalue weighted by Gasteiger charge is -2.20. The van der Waals surface area contributed by atoms with Crippen molar-refractivity contribution in [3.05, 3.63) is 29.3 Å². The average Bonchev–Trinajstić information content (AvgIpc) is 2.97. The average molecular weight is 408 g/mol. The number of aryl methyl sites for hydroxylation is 1. The molecule has 7 nitrogen and oxygen atoms in total. The van der Waals surface area contributed by atoms with Crippen LogP contribution in [-0.4, -0.2) is 32.9 Å². The van der Waals surface area contributed by atoms with Gasteiger partial charge in [-0.1, -0.05) is 35.2 Å². The Morgan fingerprint density at radius 2 is 1.89 bits per heavy atom. The molecule has 3 amide bonds. The number of hydrogen-bond acceptors (Lipinski definition) is 7. The topological polar surface area (TPSA) is 96.0 Å². The fourth-order valence-electron chi connectivity index (χ4n) is 2.10. The number of imide groups is 1. The monoisotopic (exact) mass is 407 g/mol. The standard InChI is InChI=1S/C18H25N5O2S2/c1-10-8-7-9-13(11(10)2)19-16-22-23-17(27-16)26-12(3)14(24)20-15(25)21-18(4,5)6/h7-9,12H,1-6H3,(H,19,22)(H2,20,21,24,25). The molecule has 0 aliphatic rings. The van der Waals surface area contributed by atoms with Gasteiger partial charge in [-0.25, -0.2) is 4.79 Å². The van der Waals surface area contributed by atoms with Crippen molar-refractivity contribution in [3.8, 4) is 0 Å². The Labute approximate surface area is 167 Å². The number of carbonyl (C=O) groups is 2. The summed E-state index contributed by atoms with van der Waals surface area (Å²) in [5.74, 6) is -0.374. The summed E-state index contributed by atoms with van der Waals surface area (Å²) in [6.45, 7) is 11.4. The minimum atomic E-state index is -0.505. The van der Waals surface area contributed by atoms with E-state index < -0.39 is 16.8 Å². The first-order chi connectivity index (χ1) is 12.5. The summed E-state index contributed by atoms with van der Waals surface area (Å²) >= 11 is 2.63. The van der Waals surface area contributed by atoms with Crippen molar-refractivity contribution in [1.82, 2.24) is 20.8 Å². The number of nitrogens with zero attached hydrogens (tertiary/aromatic N) is 2. The molecule has 2 aromatic rings. The number of anilines is 2. The molecule has 1 atom stereocenters. The van der Waals surface area contributed by atoms with Crippen LogP contribution in [0.4, 0.5) is 15.6 Å². The highest BCUT2D eigenvalue weighted by atomic mass is 32.2. The third-order valence-electron chi connectivity index (χ3n) is 3.62. The van der Waals surface area contributed by atoms with E-state index in [1.54, 1.807) is 6.92 Å². The van der Waals surface area contributed by atoms with Gasteiger partial charge in [-0.2, -0.15) is 0 Å². The van der Waals surface area contributed by atoms with Gasteiger partial charge in [0.1, 0.15) is 0 Å². The molecular formula is C18H25N5O2S2. The molecule has 0 aliphatic heterocycles. The van der Waals surface area contributed by atoms with E-state index in [9.17, 15) is 9.59 Å². The highest BCUT2D eigenvalue weighted by Crippen LogP contribution is 2.31. The summed E-state index contributed by atoms with van der Waals surface area (Å²) in [6.07, 6.45) is 0. The first-order valence-corrected chi connectivity index (χ1v) is 10.2. The Morgan fingerprint density at radius 1 is 1.19 bits per heavy atom. The molecule has 3 N–H and O–H groups in total. The Morgan fingerprint density at radius 3 is 2.56 bits per heavy atom. The normalized spacial score (nSPS) is 12.4. The van der Waals surface area contributed by atoms with Crippen molar-refractivity contribution < 1.29 is 9.59 Å². The van der Waals surface area contributed by atoms with Gasteiger partial charge in [0.2, 0.25) is 11.0 Å². The molecule has 146 valence electrons. The molecule has 1 unspecified atom stereocenters. The Bertz CT molecular complexity index is 829. The maximum absolute atomic E-state index is 12.2. The van der Waals surface area contributed by atoms with Crippen LogP contribution >= 0.6 is 23.1 Å². The smallest absolute Gasteiger partial charge is 0.321 e. The van der Waals surface area contributed by atoms with Gasteiger partial charge < -0.3 is 10.6 Å². The summed E-state index contributed by atoms with van der Waals surface area (Å²) in [6, 6.07) is 5.52. The maximum Gasteiger partial charge on any atom is 0.321 e. The van der Waals surface area contributed by atoms with E-state index in [0.29, 0.717) is 9.47 Å². The summed E-state index contributed by atoms with van der Waals surface area (Å²) < 4.78 is 0.654. The SMILES string of the molecule is Cc1cccc(Nc2nnc(SC(C)C(=O)NC(=O)NC(C)(C)C)s2)c1C. The van der Waals surface area contributed by atoms with Gasteiger partial charge in [0.15, 0.2) is 4.34 Å². The second-order valence-corrected chi connectivity index (χ2v) is 9.76. The number of thioether (sulfide) groups is 1. The van der Waals surface area contributed by atoms with E-state index in [-0.39, 0.29) is 5.91 Å². The number of amides is 3. The molecule has 0 bridgehead atoms. The van der Waals surface area contributed by atoms with E-state index in [4.69, 9.17) is 0 Å². The number of hydrogen-bond donors (Lipinski definition) is 3. The van der Waals surface area contributed by atoms with Crippen molar-refractivity contribution in [2.75, 3.05) is 5.32 Å². The minimum absolute atomic E-state index is 0.374. The van der Waals surface area contributed by atoms with Crippen LogP contribution in [0.5, 0.6) is 0 Å². The van der Waals surface area contributed by atoms with Gasteiger partial charge in [-0.15, -0.1) is 10.2 Å². The Kier molecular flexibility index (Phi) is 6.83.